The molecule has 0 bridgehead atoms. The molecule has 32 heavy (non-hydrogen) atoms. The van der Waals surface area contributed by atoms with Gasteiger partial charge in [-0.3, -0.25) is 9.59 Å². The molecule has 0 saturated carbocycles. The molecule has 3 rings (SSSR count). The summed E-state index contributed by atoms with van der Waals surface area (Å²) in [5.74, 6) is -1.38. The number of carboxylic acids is 1. The van der Waals surface area contributed by atoms with Crippen LogP contribution < -0.4 is 4.74 Å². The first-order valence-corrected chi connectivity index (χ1v) is 10.7. The van der Waals surface area contributed by atoms with Gasteiger partial charge in [-0.2, -0.15) is 0 Å². The number of ether oxygens (including phenoxy) is 1. The third-order valence-corrected chi connectivity index (χ3v) is 5.77. The molecule has 0 spiro atoms. The number of ketones is 1. The van der Waals surface area contributed by atoms with Gasteiger partial charge in [0.2, 0.25) is 0 Å². The highest BCUT2D eigenvalue weighted by atomic mass is 19.1. The summed E-state index contributed by atoms with van der Waals surface area (Å²) in [6.45, 7) is 4.03. The summed E-state index contributed by atoms with van der Waals surface area (Å²) in [4.78, 5) is 22.5. The molecular weight excluding hydrogens is 411 g/mol. The monoisotopic (exact) mass is 438 g/mol. The van der Waals surface area contributed by atoms with Crippen LogP contribution in [0.4, 0.5) is 4.39 Å². The quantitative estimate of drug-likeness (QED) is 0.543. The summed E-state index contributed by atoms with van der Waals surface area (Å²) in [7, 11) is 0. The Labute approximate surface area is 186 Å². The third-order valence-electron chi connectivity index (χ3n) is 5.77. The Bertz CT molecular complexity index is 1050. The van der Waals surface area contributed by atoms with Gasteiger partial charge in [0.15, 0.2) is 0 Å². The average Bonchev–Trinajstić information content (AvgIpc) is 2.76. The van der Waals surface area contributed by atoms with Crippen molar-refractivity contribution in [3.8, 4) is 5.75 Å². The fourth-order valence-electron chi connectivity index (χ4n) is 4.09. The summed E-state index contributed by atoms with van der Waals surface area (Å²) in [6.07, 6.45) is 2.50. The molecule has 168 valence electrons. The number of carbonyl (C=O) groups is 2. The molecule has 0 aromatic heterocycles. The number of para-hydroxylation sites is 1. The number of hydrogen-bond donors (Lipinski definition) is 2. The van der Waals surface area contributed by atoms with Crippen LogP contribution in [0.15, 0.2) is 66.3 Å². The zero-order chi connectivity index (χ0) is 23.3. The van der Waals surface area contributed by atoms with Gasteiger partial charge in [-0.15, -0.1) is 0 Å². The Hall–Kier alpha value is -3.25. The van der Waals surface area contributed by atoms with Crippen LogP contribution in [0.25, 0.3) is 5.57 Å². The normalized spacial score (nSPS) is 15.9. The molecular formula is C26H27FO5. The molecule has 1 heterocycles. The number of hydrogen-bond acceptors (Lipinski definition) is 4. The Morgan fingerprint density at radius 1 is 1.09 bits per heavy atom. The number of aliphatic hydroxyl groups is 1. The second-order valence-corrected chi connectivity index (χ2v) is 7.83. The SMILES string of the molecule is CCC1(CC)Oc2ccccc2C(c2ccc(F)cc2)=C1/C=C/C(O)CC(=O)CC(=O)O. The van der Waals surface area contributed by atoms with Crippen molar-refractivity contribution in [3.63, 3.8) is 0 Å². The highest BCUT2D eigenvalue weighted by molar-refractivity contribution is 5.95. The van der Waals surface area contributed by atoms with Gasteiger partial charge in [0.05, 0.1) is 6.10 Å². The van der Waals surface area contributed by atoms with E-state index in [1.54, 1.807) is 18.2 Å². The van der Waals surface area contributed by atoms with Crippen LogP contribution in [0.1, 0.15) is 50.7 Å². The topological polar surface area (TPSA) is 83.8 Å². The number of halogens is 1. The van der Waals surface area contributed by atoms with Gasteiger partial charge in [0.1, 0.15) is 29.4 Å². The molecule has 1 aliphatic rings. The van der Waals surface area contributed by atoms with Gasteiger partial charge in [-0.25, -0.2) is 4.39 Å². The summed E-state index contributed by atoms with van der Waals surface area (Å²) < 4.78 is 20.1. The minimum atomic E-state index is -1.22. The van der Waals surface area contributed by atoms with E-state index in [4.69, 9.17) is 9.84 Å². The minimum absolute atomic E-state index is 0.287. The summed E-state index contributed by atoms with van der Waals surface area (Å²) in [5.41, 5.74) is 2.67. The predicted molar refractivity (Wildman–Crippen MR) is 120 cm³/mol. The van der Waals surface area contributed by atoms with Crippen molar-refractivity contribution in [2.24, 2.45) is 0 Å². The van der Waals surface area contributed by atoms with Gasteiger partial charge in [0, 0.05) is 17.6 Å². The molecule has 2 N–H and O–H groups in total. The lowest BCUT2D eigenvalue weighted by atomic mass is 9.77. The van der Waals surface area contributed by atoms with E-state index in [9.17, 15) is 19.1 Å². The molecule has 0 fully saturated rings. The molecule has 6 heteroatoms. The van der Waals surface area contributed by atoms with Gasteiger partial charge in [-0.05, 0) is 42.2 Å². The molecule has 0 amide bonds. The van der Waals surface area contributed by atoms with E-state index in [0.29, 0.717) is 12.8 Å². The van der Waals surface area contributed by atoms with Crippen LogP contribution in [0.5, 0.6) is 5.75 Å². The summed E-state index contributed by atoms with van der Waals surface area (Å²) in [5, 5.41) is 19.1. The first-order valence-electron chi connectivity index (χ1n) is 10.7. The fourth-order valence-corrected chi connectivity index (χ4v) is 4.09. The van der Waals surface area contributed by atoms with Gasteiger partial charge in [-0.1, -0.05) is 56.3 Å². The van der Waals surface area contributed by atoms with Crippen molar-refractivity contribution in [2.45, 2.75) is 51.2 Å². The Balaban J connectivity index is 2.13. The zero-order valence-electron chi connectivity index (χ0n) is 18.2. The second-order valence-electron chi connectivity index (χ2n) is 7.83. The number of benzene rings is 2. The zero-order valence-corrected chi connectivity index (χ0v) is 18.2. The van der Waals surface area contributed by atoms with E-state index < -0.39 is 29.9 Å². The van der Waals surface area contributed by atoms with Gasteiger partial charge < -0.3 is 14.9 Å². The maximum Gasteiger partial charge on any atom is 0.310 e. The van der Waals surface area contributed by atoms with Crippen LogP contribution in [0.3, 0.4) is 0 Å². The van der Waals surface area contributed by atoms with E-state index >= 15 is 0 Å². The molecule has 2 aromatic rings. The molecule has 0 aliphatic carbocycles. The molecule has 1 atom stereocenters. The Kier molecular flexibility index (Phi) is 7.26. The lowest BCUT2D eigenvalue weighted by molar-refractivity contribution is -0.140. The van der Waals surface area contributed by atoms with Gasteiger partial charge in [0.25, 0.3) is 0 Å². The first-order chi connectivity index (χ1) is 15.3. The van der Waals surface area contributed by atoms with Crippen LogP contribution in [0.2, 0.25) is 0 Å². The number of Topliss-reactive ketones (excluding diaryl/α,β-unsaturated/α-hetero) is 1. The number of aliphatic hydroxyl groups excluding tert-OH is 1. The first kappa shape index (κ1) is 23.4. The van der Waals surface area contributed by atoms with Crippen LogP contribution in [-0.2, 0) is 9.59 Å². The van der Waals surface area contributed by atoms with Crippen molar-refractivity contribution >= 4 is 17.3 Å². The number of carbonyl (C=O) groups excluding carboxylic acids is 1. The predicted octanol–water partition coefficient (Wildman–Crippen LogP) is 4.93. The Morgan fingerprint density at radius 2 is 1.75 bits per heavy atom. The highest BCUT2D eigenvalue weighted by Crippen LogP contribution is 2.47. The van der Waals surface area contributed by atoms with Gasteiger partial charge >= 0.3 is 5.97 Å². The van der Waals surface area contributed by atoms with Crippen LogP contribution in [0, 0.1) is 5.82 Å². The van der Waals surface area contributed by atoms with E-state index in [1.165, 1.54) is 18.2 Å². The lowest BCUT2D eigenvalue weighted by Gasteiger charge is -2.40. The molecule has 1 unspecified atom stereocenters. The lowest BCUT2D eigenvalue weighted by Crippen LogP contribution is -2.39. The van der Waals surface area contributed by atoms with Crippen molar-refractivity contribution in [2.75, 3.05) is 0 Å². The number of rotatable bonds is 9. The van der Waals surface area contributed by atoms with Crippen molar-refractivity contribution < 1.29 is 28.9 Å². The third kappa shape index (κ3) is 4.97. The number of carboxylic acid groups (broad SMARTS) is 1. The van der Waals surface area contributed by atoms with Crippen molar-refractivity contribution in [1.29, 1.82) is 0 Å². The van der Waals surface area contributed by atoms with E-state index in [1.807, 2.05) is 38.1 Å². The van der Waals surface area contributed by atoms with Crippen LogP contribution in [-0.4, -0.2) is 33.7 Å². The van der Waals surface area contributed by atoms with E-state index in [2.05, 4.69) is 0 Å². The minimum Gasteiger partial charge on any atom is -0.482 e. The molecule has 2 aromatic carbocycles. The van der Waals surface area contributed by atoms with E-state index in [0.717, 1.165) is 28.0 Å². The maximum atomic E-state index is 13.6. The standard InChI is InChI=1S/C26H27FO5/c1-3-26(4-2)22(14-13-19(28)15-20(29)16-24(30)31)25(17-9-11-18(27)12-10-17)21-7-5-6-8-23(21)32-26/h5-14,19,28H,3-4,15-16H2,1-2H3,(H,30,31)/b14-13+. The number of fused-ring (bicyclic) bond motifs is 1. The molecule has 0 radical (unpaired) electrons. The Morgan fingerprint density at radius 3 is 2.38 bits per heavy atom. The molecule has 1 aliphatic heterocycles. The molecule has 5 nitrogen and oxygen atoms in total. The summed E-state index contributed by atoms with van der Waals surface area (Å²) >= 11 is 0. The second kappa shape index (κ2) is 9.92. The van der Waals surface area contributed by atoms with Crippen molar-refractivity contribution in [3.05, 3.63) is 83.2 Å². The largest absolute Gasteiger partial charge is 0.482 e. The maximum absolute atomic E-state index is 13.6. The van der Waals surface area contributed by atoms with Crippen molar-refractivity contribution in [1.82, 2.24) is 0 Å². The fraction of sp³-hybridized carbons (Fsp3) is 0.308. The highest BCUT2D eigenvalue weighted by Gasteiger charge is 2.39. The van der Waals surface area contributed by atoms with E-state index in [-0.39, 0.29) is 12.2 Å². The number of aliphatic carboxylic acids is 1. The van der Waals surface area contributed by atoms with Crippen LogP contribution >= 0.6 is 0 Å². The summed E-state index contributed by atoms with van der Waals surface area (Å²) in [6, 6.07) is 13.9. The molecule has 0 saturated heterocycles. The average molecular weight is 438 g/mol. The smallest absolute Gasteiger partial charge is 0.310 e.